The molecule has 5 nitrogen and oxygen atoms in total. The molecular formula is C22H28N2O3. The molecule has 5 heteroatoms. The van der Waals surface area contributed by atoms with E-state index in [2.05, 4.69) is 17.6 Å². The van der Waals surface area contributed by atoms with Crippen LogP contribution >= 0.6 is 0 Å². The predicted octanol–water partition coefficient (Wildman–Crippen LogP) is 4.92. The summed E-state index contributed by atoms with van der Waals surface area (Å²) < 4.78 is 5.75. The molecule has 0 spiro atoms. The van der Waals surface area contributed by atoms with Crippen LogP contribution in [0.1, 0.15) is 45.1 Å². The first kappa shape index (κ1) is 20.5. The molecule has 0 bridgehead atoms. The molecule has 0 aromatic heterocycles. The van der Waals surface area contributed by atoms with Crippen molar-refractivity contribution in [2.24, 2.45) is 0 Å². The van der Waals surface area contributed by atoms with E-state index in [-0.39, 0.29) is 11.8 Å². The minimum atomic E-state index is -0.640. The Labute approximate surface area is 161 Å². The van der Waals surface area contributed by atoms with Gasteiger partial charge >= 0.3 is 0 Å². The van der Waals surface area contributed by atoms with Crippen molar-refractivity contribution in [2.45, 2.75) is 52.6 Å². The van der Waals surface area contributed by atoms with E-state index in [0.717, 1.165) is 24.8 Å². The van der Waals surface area contributed by atoms with Crippen LogP contribution in [-0.2, 0) is 9.59 Å². The maximum Gasteiger partial charge on any atom is 0.265 e. The van der Waals surface area contributed by atoms with Crippen LogP contribution in [0.4, 0.5) is 11.4 Å². The molecule has 0 radical (unpaired) electrons. The summed E-state index contributed by atoms with van der Waals surface area (Å²) in [6, 6.07) is 14.7. The van der Waals surface area contributed by atoms with E-state index in [0.29, 0.717) is 23.5 Å². The highest BCUT2D eigenvalue weighted by Gasteiger charge is 2.16. The first-order valence-corrected chi connectivity index (χ1v) is 9.42. The van der Waals surface area contributed by atoms with Crippen LogP contribution in [-0.4, -0.2) is 17.9 Å². The molecular weight excluding hydrogens is 340 g/mol. The maximum atomic E-state index is 12.4. The summed E-state index contributed by atoms with van der Waals surface area (Å²) in [5.41, 5.74) is 2.26. The molecule has 1 atom stereocenters. The van der Waals surface area contributed by atoms with Crippen molar-refractivity contribution < 1.29 is 14.3 Å². The van der Waals surface area contributed by atoms with Crippen molar-refractivity contribution >= 4 is 23.2 Å². The number of para-hydroxylation sites is 1. The number of carbonyl (C=O) groups is 2. The highest BCUT2D eigenvalue weighted by atomic mass is 16.5. The molecule has 2 aromatic carbocycles. The lowest BCUT2D eigenvalue weighted by Gasteiger charge is -2.16. The predicted molar refractivity (Wildman–Crippen MR) is 109 cm³/mol. The van der Waals surface area contributed by atoms with Gasteiger partial charge in [-0.3, -0.25) is 9.59 Å². The summed E-state index contributed by atoms with van der Waals surface area (Å²) in [7, 11) is 0. The zero-order valence-electron chi connectivity index (χ0n) is 16.2. The molecule has 0 saturated carbocycles. The Hall–Kier alpha value is -2.82. The summed E-state index contributed by atoms with van der Waals surface area (Å²) in [6.45, 7) is 5.75. The fourth-order valence-corrected chi connectivity index (χ4v) is 2.61. The Morgan fingerprint density at radius 1 is 1.00 bits per heavy atom. The fraction of sp³-hybridized carbons (Fsp3) is 0.364. The lowest BCUT2D eigenvalue weighted by Crippen LogP contribution is -2.30. The molecule has 0 saturated heterocycles. The van der Waals surface area contributed by atoms with Gasteiger partial charge < -0.3 is 15.4 Å². The highest BCUT2D eigenvalue weighted by Crippen LogP contribution is 2.19. The van der Waals surface area contributed by atoms with Gasteiger partial charge in [0.05, 0.1) is 0 Å². The zero-order chi connectivity index (χ0) is 19.6. The van der Waals surface area contributed by atoms with E-state index in [9.17, 15) is 9.59 Å². The summed E-state index contributed by atoms with van der Waals surface area (Å²) in [5.74, 6) is 0.432. The molecule has 2 aromatic rings. The average molecular weight is 368 g/mol. The van der Waals surface area contributed by atoms with Crippen LogP contribution in [0.3, 0.4) is 0 Å². The standard InChI is InChI=1S/C22H28N2O3/c1-4-5-6-14-21(25)23-18-11-9-12-19(15-18)24-22(26)17(3)27-20-13-8-7-10-16(20)2/h7-13,15,17H,4-6,14H2,1-3H3,(H,23,25)(H,24,26). The molecule has 0 fully saturated rings. The summed E-state index contributed by atoms with van der Waals surface area (Å²) in [6.07, 6.45) is 2.87. The Balaban J connectivity index is 1.91. The maximum absolute atomic E-state index is 12.4. The molecule has 27 heavy (non-hydrogen) atoms. The zero-order valence-corrected chi connectivity index (χ0v) is 16.2. The number of anilines is 2. The van der Waals surface area contributed by atoms with Gasteiger partial charge in [0.25, 0.3) is 5.91 Å². The minimum Gasteiger partial charge on any atom is -0.481 e. The second-order valence-corrected chi connectivity index (χ2v) is 6.60. The van der Waals surface area contributed by atoms with E-state index in [1.165, 1.54) is 0 Å². The van der Waals surface area contributed by atoms with Crippen LogP contribution in [0.25, 0.3) is 0 Å². The number of rotatable bonds is 9. The normalized spacial score (nSPS) is 11.5. The van der Waals surface area contributed by atoms with Gasteiger partial charge in [-0.05, 0) is 50.1 Å². The van der Waals surface area contributed by atoms with Crippen LogP contribution in [0.15, 0.2) is 48.5 Å². The van der Waals surface area contributed by atoms with Crippen molar-refractivity contribution in [1.82, 2.24) is 0 Å². The van der Waals surface area contributed by atoms with Crippen LogP contribution in [0.5, 0.6) is 5.75 Å². The van der Waals surface area contributed by atoms with Gasteiger partial charge in [-0.2, -0.15) is 0 Å². The molecule has 0 heterocycles. The number of hydrogen-bond donors (Lipinski definition) is 2. The van der Waals surface area contributed by atoms with Gasteiger partial charge in [-0.15, -0.1) is 0 Å². The summed E-state index contributed by atoms with van der Waals surface area (Å²) >= 11 is 0. The number of carbonyl (C=O) groups excluding carboxylic acids is 2. The van der Waals surface area contributed by atoms with Crippen LogP contribution in [0.2, 0.25) is 0 Å². The lowest BCUT2D eigenvalue weighted by molar-refractivity contribution is -0.122. The number of benzene rings is 2. The number of ether oxygens (including phenoxy) is 1. The topological polar surface area (TPSA) is 67.4 Å². The first-order chi connectivity index (χ1) is 13.0. The van der Waals surface area contributed by atoms with Gasteiger partial charge in [0.1, 0.15) is 5.75 Å². The summed E-state index contributed by atoms with van der Waals surface area (Å²) in [4.78, 5) is 24.4. The van der Waals surface area contributed by atoms with Crippen molar-refractivity contribution in [3.63, 3.8) is 0 Å². The Morgan fingerprint density at radius 2 is 1.70 bits per heavy atom. The highest BCUT2D eigenvalue weighted by molar-refractivity contribution is 5.96. The molecule has 0 aliphatic carbocycles. The smallest absolute Gasteiger partial charge is 0.265 e. The number of nitrogens with one attached hydrogen (secondary N) is 2. The van der Waals surface area contributed by atoms with E-state index in [1.807, 2.05) is 31.2 Å². The quantitative estimate of drug-likeness (QED) is 0.617. The third-order valence-electron chi connectivity index (χ3n) is 4.19. The van der Waals surface area contributed by atoms with Gasteiger partial charge in [-0.25, -0.2) is 0 Å². The molecule has 2 rings (SSSR count). The van der Waals surface area contributed by atoms with Crippen molar-refractivity contribution in [3.8, 4) is 5.75 Å². The van der Waals surface area contributed by atoms with E-state index < -0.39 is 6.10 Å². The second kappa shape index (κ2) is 10.4. The second-order valence-electron chi connectivity index (χ2n) is 6.60. The third kappa shape index (κ3) is 6.77. The monoisotopic (exact) mass is 368 g/mol. The van der Waals surface area contributed by atoms with Crippen LogP contribution in [0, 0.1) is 6.92 Å². The molecule has 0 aliphatic heterocycles. The lowest BCUT2D eigenvalue weighted by atomic mass is 10.2. The number of hydrogen-bond acceptors (Lipinski definition) is 3. The van der Waals surface area contributed by atoms with Gasteiger partial charge in [0.2, 0.25) is 5.91 Å². The third-order valence-corrected chi connectivity index (χ3v) is 4.19. The average Bonchev–Trinajstić information content (AvgIpc) is 2.64. The molecule has 2 N–H and O–H groups in total. The Bertz CT molecular complexity index is 774. The van der Waals surface area contributed by atoms with Gasteiger partial charge in [-0.1, -0.05) is 44.0 Å². The van der Waals surface area contributed by atoms with E-state index in [1.54, 1.807) is 31.2 Å². The molecule has 144 valence electrons. The van der Waals surface area contributed by atoms with Gasteiger partial charge in [0, 0.05) is 17.8 Å². The number of unbranched alkanes of at least 4 members (excludes halogenated alkanes) is 2. The van der Waals surface area contributed by atoms with E-state index in [4.69, 9.17) is 4.74 Å². The largest absolute Gasteiger partial charge is 0.481 e. The fourth-order valence-electron chi connectivity index (χ4n) is 2.61. The van der Waals surface area contributed by atoms with Crippen molar-refractivity contribution in [3.05, 3.63) is 54.1 Å². The SMILES string of the molecule is CCCCCC(=O)Nc1cccc(NC(=O)C(C)Oc2ccccc2C)c1. The first-order valence-electron chi connectivity index (χ1n) is 9.42. The molecule has 0 aliphatic rings. The Morgan fingerprint density at radius 3 is 2.41 bits per heavy atom. The van der Waals surface area contributed by atoms with Crippen molar-refractivity contribution in [1.29, 1.82) is 0 Å². The van der Waals surface area contributed by atoms with Crippen LogP contribution < -0.4 is 15.4 Å². The summed E-state index contributed by atoms with van der Waals surface area (Å²) in [5, 5.41) is 5.70. The Kier molecular flexibility index (Phi) is 7.86. The van der Waals surface area contributed by atoms with Gasteiger partial charge in [0.15, 0.2) is 6.10 Å². The van der Waals surface area contributed by atoms with E-state index >= 15 is 0 Å². The number of aryl methyl sites for hydroxylation is 1. The molecule has 2 amide bonds. The minimum absolute atomic E-state index is 0.0109. The number of amides is 2. The molecule has 1 unspecified atom stereocenters. The van der Waals surface area contributed by atoms with Crippen molar-refractivity contribution in [2.75, 3.05) is 10.6 Å².